The number of carbonyl (C=O) groups excluding carboxylic acids is 2. The van der Waals surface area contributed by atoms with Gasteiger partial charge in [0.05, 0.1) is 7.11 Å². The van der Waals surface area contributed by atoms with Crippen molar-refractivity contribution in [2.45, 2.75) is 25.8 Å². The topological polar surface area (TPSA) is 74.8 Å². The number of nitrogens with one attached hydrogen (secondary N) is 1. The highest BCUT2D eigenvalue weighted by Gasteiger charge is 2.25. The van der Waals surface area contributed by atoms with Crippen molar-refractivity contribution in [3.8, 4) is 5.75 Å². The van der Waals surface area contributed by atoms with Crippen LogP contribution in [0.3, 0.4) is 0 Å². The first-order chi connectivity index (χ1) is 13.6. The number of piperazine rings is 1. The zero-order valence-electron chi connectivity index (χ0n) is 16.3. The van der Waals surface area contributed by atoms with Crippen LogP contribution in [-0.2, 0) is 9.59 Å². The SMILES string of the molecule is COc1cccc(C(C)N2CCN(C(=O)CCC(=O)Nc3nccs3)CC2)c1. The van der Waals surface area contributed by atoms with E-state index >= 15 is 0 Å². The fourth-order valence-electron chi connectivity index (χ4n) is 3.32. The number of amides is 2. The standard InChI is InChI=1S/C20H26N4O3S/c1-15(16-4-3-5-17(14-16)27-2)23-9-11-24(12-10-23)19(26)7-6-18(25)22-20-21-8-13-28-20/h3-5,8,13-15H,6-7,9-12H2,1-2H3,(H,21,22,25). The van der Waals surface area contributed by atoms with Gasteiger partial charge in [0, 0.05) is 56.6 Å². The number of hydrogen-bond acceptors (Lipinski definition) is 6. The number of thiazole rings is 1. The molecule has 7 nitrogen and oxygen atoms in total. The number of hydrogen-bond donors (Lipinski definition) is 1. The molecule has 1 aliphatic rings. The van der Waals surface area contributed by atoms with Crippen molar-refractivity contribution in [1.29, 1.82) is 0 Å². The van der Waals surface area contributed by atoms with E-state index < -0.39 is 0 Å². The minimum atomic E-state index is -0.173. The van der Waals surface area contributed by atoms with E-state index in [1.165, 1.54) is 16.9 Å². The van der Waals surface area contributed by atoms with Crippen molar-refractivity contribution < 1.29 is 14.3 Å². The molecule has 150 valence electrons. The summed E-state index contributed by atoms with van der Waals surface area (Å²) < 4.78 is 5.31. The van der Waals surface area contributed by atoms with Crippen LogP contribution in [-0.4, -0.2) is 59.9 Å². The molecular weight excluding hydrogens is 376 g/mol. The summed E-state index contributed by atoms with van der Waals surface area (Å²) in [7, 11) is 1.67. The number of ether oxygens (including phenoxy) is 1. The molecule has 2 heterocycles. The molecule has 1 N–H and O–H groups in total. The lowest BCUT2D eigenvalue weighted by Crippen LogP contribution is -2.49. The Kier molecular flexibility index (Phi) is 7.00. The molecule has 1 aromatic carbocycles. The number of nitrogens with zero attached hydrogens (tertiary/aromatic N) is 3. The highest BCUT2D eigenvalue weighted by molar-refractivity contribution is 7.13. The molecule has 0 spiro atoms. The van der Waals surface area contributed by atoms with Crippen LogP contribution < -0.4 is 10.1 Å². The monoisotopic (exact) mass is 402 g/mol. The van der Waals surface area contributed by atoms with E-state index in [0.717, 1.165) is 18.8 Å². The van der Waals surface area contributed by atoms with Gasteiger partial charge in [-0.15, -0.1) is 11.3 Å². The molecule has 1 fully saturated rings. The molecule has 2 aromatic rings. The van der Waals surface area contributed by atoms with Crippen LogP contribution in [0.2, 0.25) is 0 Å². The summed E-state index contributed by atoms with van der Waals surface area (Å²) in [4.78, 5) is 32.6. The maximum absolute atomic E-state index is 12.4. The summed E-state index contributed by atoms with van der Waals surface area (Å²) in [5.41, 5.74) is 1.21. The lowest BCUT2D eigenvalue weighted by atomic mass is 10.1. The minimum Gasteiger partial charge on any atom is -0.497 e. The normalized spacial score (nSPS) is 15.9. The molecular formula is C20H26N4O3S. The van der Waals surface area contributed by atoms with E-state index in [-0.39, 0.29) is 30.7 Å². The minimum absolute atomic E-state index is 0.0305. The highest BCUT2D eigenvalue weighted by Crippen LogP contribution is 2.25. The van der Waals surface area contributed by atoms with Gasteiger partial charge in [-0.1, -0.05) is 12.1 Å². The van der Waals surface area contributed by atoms with Gasteiger partial charge in [-0.05, 0) is 24.6 Å². The molecule has 28 heavy (non-hydrogen) atoms. The smallest absolute Gasteiger partial charge is 0.226 e. The summed E-state index contributed by atoms with van der Waals surface area (Å²) in [5.74, 6) is 0.714. The quantitative estimate of drug-likeness (QED) is 0.771. The molecule has 8 heteroatoms. The number of anilines is 1. The Bertz CT molecular complexity index is 789. The number of rotatable bonds is 7. The highest BCUT2D eigenvalue weighted by atomic mass is 32.1. The first-order valence-electron chi connectivity index (χ1n) is 9.42. The van der Waals surface area contributed by atoms with Crippen LogP contribution in [0.4, 0.5) is 5.13 Å². The molecule has 0 radical (unpaired) electrons. The van der Waals surface area contributed by atoms with E-state index in [1.807, 2.05) is 17.0 Å². The van der Waals surface area contributed by atoms with Crippen LogP contribution in [0.15, 0.2) is 35.8 Å². The number of carbonyl (C=O) groups is 2. The summed E-state index contributed by atoms with van der Waals surface area (Å²) >= 11 is 1.37. The van der Waals surface area contributed by atoms with E-state index in [1.54, 1.807) is 18.7 Å². The molecule has 1 unspecified atom stereocenters. The zero-order chi connectivity index (χ0) is 19.9. The van der Waals surface area contributed by atoms with Gasteiger partial charge in [-0.25, -0.2) is 4.98 Å². The first kappa shape index (κ1) is 20.3. The molecule has 0 aliphatic carbocycles. The zero-order valence-corrected chi connectivity index (χ0v) is 17.1. The van der Waals surface area contributed by atoms with Crippen molar-refractivity contribution >= 4 is 28.3 Å². The predicted octanol–water partition coefficient (Wildman–Crippen LogP) is 2.78. The van der Waals surface area contributed by atoms with E-state index in [4.69, 9.17) is 4.74 Å². The Morgan fingerprint density at radius 3 is 2.71 bits per heavy atom. The summed E-state index contributed by atoms with van der Waals surface area (Å²) in [6, 6.07) is 8.37. The molecule has 1 atom stereocenters. The summed E-state index contributed by atoms with van der Waals surface area (Å²) in [6.07, 6.45) is 2.04. The Morgan fingerprint density at radius 2 is 2.04 bits per heavy atom. The van der Waals surface area contributed by atoms with E-state index in [2.05, 4.69) is 34.3 Å². The molecule has 2 amide bonds. The second-order valence-electron chi connectivity index (χ2n) is 6.75. The van der Waals surface area contributed by atoms with Crippen molar-refractivity contribution in [2.75, 3.05) is 38.6 Å². The number of benzene rings is 1. The van der Waals surface area contributed by atoms with Crippen LogP contribution in [0, 0.1) is 0 Å². The predicted molar refractivity (Wildman–Crippen MR) is 110 cm³/mol. The molecule has 1 saturated heterocycles. The number of methoxy groups -OCH3 is 1. The fraction of sp³-hybridized carbons (Fsp3) is 0.450. The average Bonchev–Trinajstić information content (AvgIpc) is 3.24. The second-order valence-corrected chi connectivity index (χ2v) is 7.65. The van der Waals surface area contributed by atoms with Gasteiger partial charge in [0.2, 0.25) is 11.8 Å². The molecule has 3 rings (SSSR count). The Hall–Kier alpha value is -2.45. The molecule has 0 bridgehead atoms. The number of aromatic nitrogens is 1. The van der Waals surface area contributed by atoms with Crippen molar-refractivity contribution in [3.05, 3.63) is 41.4 Å². The van der Waals surface area contributed by atoms with Gasteiger partial charge >= 0.3 is 0 Å². The van der Waals surface area contributed by atoms with Gasteiger partial charge in [-0.3, -0.25) is 14.5 Å². The Morgan fingerprint density at radius 1 is 1.25 bits per heavy atom. The lowest BCUT2D eigenvalue weighted by Gasteiger charge is -2.38. The third kappa shape index (κ3) is 5.30. The maximum Gasteiger partial charge on any atom is 0.226 e. The lowest BCUT2D eigenvalue weighted by molar-refractivity contribution is -0.134. The van der Waals surface area contributed by atoms with E-state index in [0.29, 0.717) is 18.2 Å². The Balaban J connectivity index is 1.43. The van der Waals surface area contributed by atoms with E-state index in [9.17, 15) is 9.59 Å². The first-order valence-corrected chi connectivity index (χ1v) is 10.3. The summed E-state index contributed by atoms with van der Waals surface area (Å²) in [6.45, 7) is 5.17. The largest absolute Gasteiger partial charge is 0.497 e. The molecule has 1 aliphatic heterocycles. The third-order valence-corrected chi connectivity index (χ3v) is 5.72. The van der Waals surface area contributed by atoms with Crippen LogP contribution in [0.1, 0.15) is 31.4 Å². The Labute approximate surface area is 169 Å². The molecule has 0 saturated carbocycles. The van der Waals surface area contributed by atoms with Gasteiger partial charge in [0.25, 0.3) is 0 Å². The second kappa shape index (κ2) is 9.66. The third-order valence-electron chi connectivity index (χ3n) is 5.04. The van der Waals surface area contributed by atoms with Gasteiger partial charge in [-0.2, -0.15) is 0 Å². The van der Waals surface area contributed by atoms with Gasteiger partial charge in [0.15, 0.2) is 5.13 Å². The summed E-state index contributed by atoms with van der Waals surface area (Å²) in [5, 5.41) is 5.07. The van der Waals surface area contributed by atoms with Crippen LogP contribution in [0.25, 0.3) is 0 Å². The van der Waals surface area contributed by atoms with Crippen molar-refractivity contribution in [2.24, 2.45) is 0 Å². The molecule has 1 aromatic heterocycles. The van der Waals surface area contributed by atoms with Crippen LogP contribution >= 0.6 is 11.3 Å². The van der Waals surface area contributed by atoms with Gasteiger partial charge in [0.1, 0.15) is 5.75 Å². The van der Waals surface area contributed by atoms with Gasteiger partial charge < -0.3 is 15.0 Å². The van der Waals surface area contributed by atoms with Crippen molar-refractivity contribution in [1.82, 2.24) is 14.8 Å². The maximum atomic E-state index is 12.4. The average molecular weight is 403 g/mol. The van der Waals surface area contributed by atoms with Crippen molar-refractivity contribution in [3.63, 3.8) is 0 Å². The fourth-order valence-corrected chi connectivity index (χ4v) is 3.86. The van der Waals surface area contributed by atoms with Crippen LogP contribution in [0.5, 0.6) is 5.75 Å².